The van der Waals surface area contributed by atoms with Gasteiger partial charge in [-0.2, -0.15) is 0 Å². The number of piperidine rings is 3. The maximum absolute atomic E-state index is 13.6. The highest BCUT2D eigenvalue weighted by molar-refractivity contribution is 5.70. The normalized spacial score (nSPS) is 28.0. The van der Waals surface area contributed by atoms with Crippen molar-refractivity contribution in [2.75, 3.05) is 19.6 Å². The molecular formula is C23H25FN2O2. The van der Waals surface area contributed by atoms with E-state index >= 15 is 0 Å². The number of carbonyl (C=O) groups is 1. The number of nitrogens with zero attached hydrogens (tertiary/aromatic N) is 1. The predicted molar refractivity (Wildman–Crippen MR) is 105 cm³/mol. The number of halogens is 1. The topological polar surface area (TPSA) is 41.6 Å². The molecule has 6 rings (SSSR count). The molecule has 5 heteroatoms. The van der Waals surface area contributed by atoms with Gasteiger partial charge in [-0.3, -0.25) is 4.90 Å². The van der Waals surface area contributed by atoms with E-state index in [4.69, 9.17) is 4.74 Å². The van der Waals surface area contributed by atoms with Crippen LogP contribution in [0, 0.1) is 11.7 Å². The largest absolute Gasteiger partial charge is 0.445 e. The maximum Gasteiger partial charge on any atom is 0.407 e. The van der Waals surface area contributed by atoms with Gasteiger partial charge in [0.15, 0.2) is 0 Å². The van der Waals surface area contributed by atoms with Crippen LogP contribution in [0.4, 0.5) is 9.18 Å². The van der Waals surface area contributed by atoms with Gasteiger partial charge in [-0.15, -0.1) is 0 Å². The Morgan fingerprint density at radius 1 is 1.07 bits per heavy atom. The molecule has 2 atom stereocenters. The molecule has 1 amide bonds. The lowest BCUT2D eigenvalue weighted by atomic mass is 9.86. The van der Waals surface area contributed by atoms with Gasteiger partial charge in [0.25, 0.3) is 0 Å². The zero-order valence-electron chi connectivity index (χ0n) is 15.9. The Morgan fingerprint density at radius 2 is 1.89 bits per heavy atom. The van der Waals surface area contributed by atoms with Crippen molar-refractivity contribution in [3.63, 3.8) is 0 Å². The molecule has 28 heavy (non-hydrogen) atoms. The summed E-state index contributed by atoms with van der Waals surface area (Å²) in [6.45, 7) is 3.12. The number of fused-ring (bicyclic) bond motifs is 4. The van der Waals surface area contributed by atoms with Crippen molar-refractivity contribution >= 4 is 6.09 Å². The number of rotatable bonds is 3. The highest BCUT2D eigenvalue weighted by atomic mass is 19.1. The number of hydrogen-bond acceptors (Lipinski definition) is 3. The minimum atomic E-state index is -0.312. The highest BCUT2D eigenvalue weighted by Crippen LogP contribution is 2.35. The van der Waals surface area contributed by atoms with E-state index in [-0.39, 0.29) is 24.1 Å². The van der Waals surface area contributed by atoms with E-state index in [1.807, 2.05) is 12.1 Å². The van der Waals surface area contributed by atoms with Gasteiger partial charge in [-0.1, -0.05) is 24.3 Å². The summed E-state index contributed by atoms with van der Waals surface area (Å²) < 4.78 is 19.4. The van der Waals surface area contributed by atoms with Gasteiger partial charge in [0.05, 0.1) is 6.04 Å². The van der Waals surface area contributed by atoms with Crippen LogP contribution < -0.4 is 5.32 Å². The molecule has 0 radical (unpaired) electrons. The predicted octanol–water partition coefficient (Wildman–Crippen LogP) is 4.30. The summed E-state index contributed by atoms with van der Waals surface area (Å²) in [7, 11) is 0. The second-order valence-corrected chi connectivity index (χ2v) is 8.24. The van der Waals surface area contributed by atoms with E-state index in [1.54, 1.807) is 12.1 Å². The SMILES string of the molecule is O=C(NC1CCc2ccc(-c3cccc(F)c3)cc21)O[C@H]1CN2CCC1CC2. The Hall–Kier alpha value is -2.40. The molecule has 4 aliphatic rings. The monoisotopic (exact) mass is 380 g/mol. The first-order chi connectivity index (χ1) is 13.7. The second-order valence-electron chi connectivity index (χ2n) is 8.24. The molecule has 3 fully saturated rings. The van der Waals surface area contributed by atoms with E-state index in [9.17, 15) is 9.18 Å². The lowest BCUT2D eigenvalue weighted by molar-refractivity contribution is -0.0339. The Kier molecular flexibility index (Phi) is 4.55. The van der Waals surface area contributed by atoms with Gasteiger partial charge in [0, 0.05) is 6.54 Å². The zero-order chi connectivity index (χ0) is 19.1. The van der Waals surface area contributed by atoms with E-state index in [0.29, 0.717) is 5.92 Å². The van der Waals surface area contributed by atoms with Crippen LogP contribution in [-0.2, 0) is 11.2 Å². The van der Waals surface area contributed by atoms with Crippen molar-refractivity contribution < 1.29 is 13.9 Å². The van der Waals surface area contributed by atoms with Gasteiger partial charge in [0.1, 0.15) is 11.9 Å². The van der Waals surface area contributed by atoms with Crippen LogP contribution in [0.25, 0.3) is 11.1 Å². The minimum absolute atomic E-state index is 0.0157. The van der Waals surface area contributed by atoms with Crippen LogP contribution in [0.3, 0.4) is 0 Å². The first-order valence-electron chi connectivity index (χ1n) is 10.2. The van der Waals surface area contributed by atoms with E-state index in [0.717, 1.165) is 62.0 Å². The smallest absolute Gasteiger partial charge is 0.407 e. The molecule has 2 aromatic rings. The number of amides is 1. The average molecular weight is 380 g/mol. The molecule has 2 aromatic carbocycles. The first kappa shape index (κ1) is 17.7. The maximum atomic E-state index is 13.6. The summed E-state index contributed by atoms with van der Waals surface area (Å²) in [4.78, 5) is 14.9. The fraction of sp³-hybridized carbons (Fsp3) is 0.435. The van der Waals surface area contributed by atoms with E-state index in [1.165, 1.54) is 11.6 Å². The molecule has 3 saturated heterocycles. The number of benzene rings is 2. The summed E-state index contributed by atoms with van der Waals surface area (Å²) in [5.74, 6) is 0.264. The molecular weight excluding hydrogens is 355 g/mol. The lowest BCUT2D eigenvalue weighted by Gasteiger charge is -2.43. The van der Waals surface area contributed by atoms with Crippen LogP contribution in [-0.4, -0.2) is 36.7 Å². The Balaban J connectivity index is 1.29. The standard InChI is InChI=1S/C23H25FN2O2/c24-19-3-1-2-17(12-19)18-5-4-15-6-7-21(20(15)13-18)25-23(27)28-22-14-26-10-8-16(22)9-11-26/h1-5,12-13,16,21-22H,6-11,14H2,(H,25,27)/t21?,22-/m0/s1. The molecule has 1 N–H and O–H groups in total. The highest BCUT2D eigenvalue weighted by Gasteiger charge is 2.37. The fourth-order valence-electron chi connectivity index (χ4n) is 4.96. The summed E-state index contributed by atoms with van der Waals surface area (Å²) in [6, 6.07) is 12.8. The third-order valence-corrected chi connectivity index (χ3v) is 6.53. The third-order valence-electron chi connectivity index (χ3n) is 6.53. The van der Waals surface area contributed by atoms with Gasteiger partial charge in [-0.25, -0.2) is 9.18 Å². The Morgan fingerprint density at radius 3 is 2.64 bits per heavy atom. The molecule has 0 aromatic heterocycles. The van der Waals surface area contributed by atoms with Crippen LogP contribution in [0.2, 0.25) is 0 Å². The van der Waals surface area contributed by atoms with Crippen molar-refractivity contribution in [2.24, 2.45) is 5.92 Å². The number of ether oxygens (including phenoxy) is 1. The summed E-state index contributed by atoms with van der Waals surface area (Å²) in [5.41, 5.74) is 4.18. The molecule has 2 bridgehead atoms. The molecule has 146 valence electrons. The number of alkyl carbamates (subject to hydrolysis) is 1. The third kappa shape index (κ3) is 3.39. The van der Waals surface area contributed by atoms with Crippen LogP contribution >= 0.6 is 0 Å². The molecule has 0 spiro atoms. The molecule has 3 heterocycles. The van der Waals surface area contributed by atoms with Gasteiger partial charge >= 0.3 is 6.09 Å². The molecule has 1 unspecified atom stereocenters. The average Bonchev–Trinajstić information content (AvgIpc) is 3.11. The van der Waals surface area contributed by atoms with Gasteiger partial charge in [-0.05, 0) is 85.1 Å². The quantitative estimate of drug-likeness (QED) is 0.863. The van der Waals surface area contributed by atoms with Crippen molar-refractivity contribution in [3.8, 4) is 11.1 Å². The van der Waals surface area contributed by atoms with Crippen molar-refractivity contribution in [2.45, 2.75) is 37.8 Å². The van der Waals surface area contributed by atoms with Gasteiger partial charge < -0.3 is 10.1 Å². The van der Waals surface area contributed by atoms with Crippen LogP contribution in [0.5, 0.6) is 0 Å². The summed E-state index contributed by atoms with van der Waals surface area (Å²) in [5, 5.41) is 3.08. The van der Waals surface area contributed by atoms with Crippen LogP contribution in [0.1, 0.15) is 36.4 Å². The van der Waals surface area contributed by atoms with Crippen LogP contribution in [0.15, 0.2) is 42.5 Å². The molecule has 0 saturated carbocycles. The van der Waals surface area contributed by atoms with Gasteiger partial charge in [0.2, 0.25) is 0 Å². The van der Waals surface area contributed by atoms with E-state index in [2.05, 4.69) is 22.3 Å². The molecule has 1 aliphatic carbocycles. The number of aryl methyl sites for hydroxylation is 1. The van der Waals surface area contributed by atoms with Crippen molar-refractivity contribution in [1.82, 2.24) is 10.2 Å². The first-order valence-corrected chi connectivity index (χ1v) is 10.2. The van der Waals surface area contributed by atoms with Crippen molar-refractivity contribution in [1.29, 1.82) is 0 Å². The molecule has 4 nitrogen and oxygen atoms in total. The zero-order valence-corrected chi connectivity index (χ0v) is 15.9. The Labute approximate surface area is 164 Å². The number of hydrogen-bond donors (Lipinski definition) is 1. The Bertz CT molecular complexity index is 892. The van der Waals surface area contributed by atoms with Crippen molar-refractivity contribution in [3.05, 3.63) is 59.4 Å². The molecule has 3 aliphatic heterocycles. The number of nitrogens with one attached hydrogen (secondary N) is 1. The summed E-state index contributed by atoms with van der Waals surface area (Å²) in [6.07, 6.45) is 3.76. The minimum Gasteiger partial charge on any atom is -0.445 e. The summed E-state index contributed by atoms with van der Waals surface area (Å²) >= 11 is 0. The number of carbonyl (C=O) groups excluding carboxylic acids is 1. The fourth-order valence-corrected chi connectivity index (χ4v) is 4.96. The van der Waals surface area contributed by atoms with E-state index < -0.39 is 0 Å². The lowest BCUT2D eigenvalue weighted by Crippen LogP contribution is -2.52. The second kappa shape index (κ2) is 7.21.